The predicted molar refractivity (Wildman–Crippen MR) is 95.4 cm³/mol. The summed E-state index contributed by atoms with van der Waals surface area (Å²) >= 11 is 3.42. The Morgan fingerprint density at radius 1 is 1.36 bits per heavy atom. The number of halogens is 1. The number of piperazine rings is 1. The predicted octanol–water partition coefficient (Wildman–Crippen LogP) is 2.83. The summed E-state index contributed by atoms with van der Waals surface area (Å²) < 4.78 is 6.02. The lowest BCUT2D eigenvalue weighted by Gasteiger charge is -2.41. The van der Waals surface area contributed by atoms with E-state index in [0.717, 1.165) is 5.69 Å². The molecule has 25 heavy (non-hydrogen) atoms. The van der Waals surface area contributed by atoms with Gasteiger partial charge in [0.1, 0.15) is 11.6 Å². The van der Waals surface area contributed by atoms with Gasteiger partial charge in [-0.1, -0.05) is 0 Å². The first-order valence-electron chi connectivity index (χ1n) is 7.79. The highest BCUT2D eigenvalue weighted by atomic mass is 79.9. The van der Waals surface area contributed by atoms with Crippen molar-refractivity contribution < 1.29 is 19.4 Å². The summed E-state index contributed by atoms with van der Waals surface area (Å²) in [5.74, 6) is -1.08. The molecule has 1 amide bonds. The highest BCUT2D eigenvalue weighted by Gasteiger charge is 2.38. The van der Waals surface area contributed by atoms with Crippen LogP contribution in [0.4, 0.5) is 10.5 Å². The van der Waals surface area contributed by atoms with Gasteiger partial charge in [-0.3, -0.25) is 4.90 Å². The second-order valence-electron chi connectivity index (χ2n) is 6.75. The molecule has 1 aromatic rings. The first kappa shape index (κ1) is 19.1. The second-order valence-corrected chi connectivity index (χ2v) is 7.61. The number of ether oxygens (including phenoxy) is 1. The molecular weight excluding hydrogens is 390 g/mol. The van der Waals surface area contributed by atoms with E-state index in [0.29, 0.717) is 16.6 Å². The average Bonchev–Trinajstić information content (AvgIpc) is 2.52. The number of carboxylic acids is 1. The molecule has 8 heteroatoms. The molecule has 0 saturated carbocycles. The Labute approximate surface area is 154 Å². The number of nitriles is 1. The van der Waals surface area contributed by atoms with Crippen LogP contribution in [0.1, 0.15) is 26.3 Å². The standard InChI is InChI=1S/C17H20BrN3O4/c1-17(2,3)25-16(24)21-7-6-20(10-14(21)15(22)23)13-5-4-11(9-19)8-12(13)18/h4-5,8,14H,6-7,10H2,1-3H3,(H,22,23). The fourth-order valence-corrected chi connectivity index (χ4v) is 3.21. The first-order chi connectivity index (χ1) is 11.6. The van der Waals surface area contributed by atoms with Gasteiger partial charge < -0.3 is 14.7 Å². The Hall–Kier alpha value is -2.27. The molecule has 1 heterocycles. The van der Waals surface area contributed by atoms with Crippen LogP contribution in [0.2, 0.25) is 0 Å². The number of hydrogen-bond donors (Lipinski definition) is 1. The van der Waals surface area contributed by atoms with E-state index in [1.807, 2.05) is 4.90 Å². The van der Waals surface area contributed by atoms with Crippen LogP contribution in [0.5, 0.6) is 0 Å². The van der Waals surface area contributed by atoms with Crippen molar-refractivity contribution >= 4 is 33.7 Å². The largest absolute Gasteiger partial charge is 0.480 e. The summed E-state index contributed by atoms with van der Waals surface area (Å²) in [6, 6.07) is 6.18. The molecule has 0 bridgehead atoms. The lowest BCUT2D eigenvalue weighted by atomic mass is 10.1. The van der Waals surface area contributed by atoms with Crippen molar-refractivity contribution in [1.29, 1.82) is 5.26 Å². The van der Waals surface area contributed by atoms with Crippen LogP contribution in [0, 0.1) is 11.3 Å². The molecule has 1 fully saturated rings. The van der Waals surface area contributed by atoms with Crippen LogP contribution in [0.3, 0.4) is 0 Å². The number of carbonyl (C=O) groups is 2. The van der Waals surface area contributed by atoms with Gasteiger partial charge in [-0.2, -0.15) is 5.26 Å². The molecule has 1 atom stereocenters. The van der Waals surface area contributed by atoms with Crippen molar-refractivity contribution in [2.75, 3.05) is 24.5 Å². The second kappa shape index (κ2) is 7.31. The van der Waals surface area contributed by atoms with Crippen LogP contribution >= 0.6 is 15.9 Å². The lowest BCUT2D eigenvalue weighted by molar-refractivity contribution is -0.143. The van der Waals surface area contributed by atoms with Crippen molar-refractivity contribution in [2.24, 2.45) is 0 Å². The number of rotatable bonds is 2. The number of carbonyl (C=O) groups excluding carboxylic acids is 1. The van der Waals surface area contributed by atoms with Crippen LogP contribution in [-0.2, 0) is 9.53 Å². The zero-order chi connectivity index (χ0) is 18.8. The van der Waals surface area contributed by atoms with Crippen molar-refractivity contribution in [2.45, 2.75) is 32.4 Å². The molecule has 7 nitrogen and oxygen atoms in total. The van der Waals surface area contributed by atoms with Crippen molar-refractivity contribution in [3.05, 3.63) is 28.2 Å². The Balaban J connectivity index is 2.20. The first-order valence-corrected chi connectivity index (χ1v) is 8.58. The van der Waals surface area contributed by atoms with Crippen LogP contribution in [0.25, 0.3) is 0 Å². The Kier molecular flexibility index (Phi) is 5.58. The van der Waals surface area contributed by atoms with Crippen molar-refractivity contribution in [3.8, 4) is 6.07 Å². The topological polar surface area (TPSA) is 93.9 Å². The highest BCUT2D eigenvalue weighted by Crippen LogP contribution is 2.29. The SMILES string of the molecule is CC(C)(C)OC(=O)N1CCN(c2ccc(C#N)cc2Br)CC1C(=O)O. The highest BCUT2D eigenvalue weighted by molar-refractivity contribution is 9.10. The molecule has 0 aromatic heterocycles. The molecule has 0 radical (unpaired) electrons. The fraction of sp³-hybridized carbons (Fsp3) is 0.471. The van der Waals surface area contributed by atoms with Gasteiger partial charge in [-0.05, 0) is 54.9 Å². The minimum Gasteiger partial charge on any atom is -0.480 e. The molecule has 1 aliphatic rings. The molecule has 0 spiro atoms. The number of nitrogens with zero attached hydrogens (tertiary/aromatic N) is 3. The number of carboxylic acid groups (broad SMARTS) is 1. The molecule has 1 aromatic carbocycles. The van der Waals surface area contributed by atoms with E-state index in [4.69, 9.17) is 10.00 Å². The van der Waals surface area contributed by atoms with Crippen LogP contribution in [0.15, 0.2) is 22.7 Å². The number of amides is 1. The summed E-state index contributed by atoms with van der Waals surface area (Å²) in [5.41, 5.74) is 0.611. The average molecular weight is 410 g/mol. The molecular formula is C17H20BrN3O4. The number of anilines is 1. The molecule has 1 saturated heterocycles. The third-order valence-corrected chi connectivity index (χ3v) is 4.35. The summed E-state index contributed by atoms with van der Waals surface area (Å²) in [6.45, 7) is 6.06. The van der Waals surface area contributed by atoms with Crippen molar-refractivity contribution in [3.63, 3.8) is 0 Å². The van der Waals surface area contributed by atoms with Gasteiger partial charge in [0.05, 0.1) is 17.3 Å². The normalized spacial score (nSPS) is 17.8. The van der Waals surface area contributed by atoms with Gasteiger partial charge in [-0.25, -0.2) is 9.59 Å². The number of hydrogen-bond acceptors (Lipinski definition) is 5. The Morgan fingerprint density at radius 3 is 2.56 bits per heavy atom. The summed E-state index contributed by atoms with van der Waals surface area (Å²) in [5, 5.41) is 18.5. The minimum atomic E-state index is -1.08. The summed E-state index contributed by atoms with van der Waals surface area (Å²) in [6.07, 6.45) is -0.626. The Morgan fingerprint density at radius 2 is 2.04 bits per heavy atom. The van der Waals surface area contributed by atoms with Gasteiger partial charge >= 0.3 is 12.1 Å². The number of aliphatic carboxylic acids is 1. The molecule has 0 aliphatic carbocycles. The van der Waals surface area contributed by atoms with Gasteiger partial charge in [0.2, 0.25) is 0 Å². The molecule has 134 valence electrons. The maximum absolute atomic E-state index is 12.3. The zero-order valence-corrected chi connectivity index (χ0v) is 15.9. The number of benzene rings is 1. The van der Waals surface area contributed by atoms with E-state index < -0.39 is 23.7 Å². The van der Waals surface area contributed by atoms with Crippen LogP contribution in [-0.4, -0.2) is 53.3 Å². The van der Waals surface area contributed by atoms with E-state index in [-0.39, 0.29) is 13.1 Å². The molecule has 2 rings (SSSR count). The quantitative estimate of drug-likeness (QED) is 0.806. The molecule has 1 aliphatic heterocycles. The summed E-state index contributed by atoms with van der Waals surface area (Å²) in [4.78, 5) is 27.1. The molecule has 1 N–H and O–H groups in total. The van der Waals surface area contributed by atoms with Gasteiger partial charge in [0.15, 0.2) is 0 Å². The molecule has 1 unspecified atom stereocenters. The van der Waals surface area contributed by atoms with Crippen LogP contribution < -0.4 is 4.90 Å². The van der Waals surface area contributed by atoms with Crippen molar-refractivity contribution in [1.82, 2.24) is 4.90 Å². The maximum Gasteiger partial charge on any atom is 0.411 e. The zero-order valence-electron chi connectivity index (χ0n) is 14.3. The van der Waals surface area contributed by atoms with E-state index >= 15 is 0 Å². The third kappa shape index (κ3) is 4.63. The smallest absolute Gasteiger partial charge is 0.411 e. The third-order valence-electron chi connectivity index (χ3n) is 3.71. The van der Waals surface area contributed by atoms with Gasteiger partial charge in [0, 0.05) is 24.1 Å². The van der Waals surface area contributed by atoms with E-state index in [2.05, 4.69) is 22.0 Å². The van der Waals surface area contributed by atoms with E-state index in [1.165, 1.54) is 4.90 Å². The van der Waals surface area contributed by atoms with E-state index in [1.54, 1.807) is 39.0 Å². The van der Waals surface area contributed by atoms with Gasteiger partial charge in [0.25, 0.3) is 0 Å². The van der Waals surface area contributed by atoms with Gasteiger partial charge in [-0.15, -0.1) is 0 Å². The monoisotopic (exact) mass is 409 g/mol. The minimum absolute atomic E-state index is 0.138. The van der Waals surface area contributed by atoms with E-state index in [9.17, 15) is 14.7 Å². The lowest BCUT2D eigenvalue weighted by Crippen LogP contribution is -2.59. The maximum atomic E-state index is 12.3. The fourth-order valence-electron chi connectivity index (χ4n) is 2.59. The summed E-state index contributed by atoms with van der Waals surface area (Å²) in [7, 11) is 0. The Bertz CT molecular complexity index is 724.